The Bertz CT molecular complexity index is 1420. The monoisotopic (exact) mass is 574 g/mol. The van der Waals surface area contributed by atoms with Crippen LogP contribution >= 0.6 is 27.5 Å². The fraction of sp³-hybridized carbons (Fsp3) is 0.120. The summed E-state index contributed by atoms with van der Waals surface area (Å²) in [5, 5.41) is 16.7. The van der Waals surface area contributed by atoms with Crippen molar-refractivity contribution in [2.45, 2.75) is 17.4 Å². The molecule has 0 saturated carbocycles. The van der Waals surface area contributed by atoms with Crippen LogP contribution in [0.25, 0.3) is 5.76 Å². The first-order chi connectivity index (χ1) is 16.6. The highest BCUT2D eigenvalue weighted by atomic mass is 79.9. The van der Waals surface area contributed by atoms with Gasteiger partial charge in [0, 0.05) is 21.6 Å². The van der Waals surface area contributed by atoms with Crippen molar-refractivity contribution in [3.63, 3.8) is 0 Å². The van der Waals surface area contributed by atoms with Crippen LogP contribution in [0.2, 0.25) is 5.02 Å². The number of halogens is 2. The maximum atomic E-state index is 13.1. The number of hydrogen-bond donors (Lipinski definition) is 2. The third-order valence-electron chi connectivity index (χ3n) is 5.74. The molecule has 1 heterocycles. The molecule has 1 atom stereocenters. The van der Waals surface area contributed by atoms with E-state index < -0.39 is 27.8 Å². The van der Waals surface area contributed by atoms with Gasteiger partial charge in [0.05, 0.1) is 16.5 Å². The van der Waals surface area contributed by atoms with Crippen LogP contribution in [0.3, 0.4) is 0 Å². The molecule has 180 valence electrons. The summed E-state index contributed by atoms with van der Waals surface area (Å²) < 4.78 is 23.8. The average molecular weight is 576 g/mol. The number of primary sulfonamides is 1. The number of aliphatic hydroxyl groups is 1. The first-order valence-corrected chi connectivity index (χ1v) is 13.2. The second kappa shape index (κ2) is 9.94. The van der Waals surface area contributed by atoms with Gasteiger partial charge in [-0.1, -0.05) is 63.9 Å². The number of benzene rings is 3. The molecule has 1 aliphatic rings. The topological polar surface area (TPSA) is 118 Å². The molecule has 0 spiro atoms. The van der Waals surface area contributed by atoms with Crippen LogP contribution in [-0.2, 0) is 26.0 Å². The van der Waals surface area contributed by atoms with Gasteiger partial charge in [0.2, 0.25) is 10.0 Å². The Morgan fingerprint density at radius 1 is 0.971 bits per heavy atom. The SMILES string of the molecule is NS(=O)(=O)c1ccc(CCN2C(=O)C(=O)C(=C(O)c3ccc(Br)cc3)[C@@H]2c2ccc(Cl)cc2)cc1. The molecule has 3 aromatic rings. The highest BCUT2D eigenvalue weighted by molar-refractivity contribution is 9.10. The molecule has 0 aromatic heterocycles. The van der Waals surface area contributed by atoms with E-state index in [2.05, 4.69) is 15.9 Å². The van der Waals surface area contributed by atoms with E-state index in [4.69, 9.17) is 16.7 Å². The quantitative estimate of drug-likeness (QED) is 0.256. The minimum Gasteiger partial charge on any atom is -0.507 e. The van der Waals surface area contributed by atoms with Gasteiger partial charge in [-0.25, -0.2) is 13.6 Å². The molecule has 0 bridgehead atoms. The summed E-state index contributed by atoms with van der Waals surface area (Å²) in [6.45, 7) is 0.156. The number of carbonyl (C=O) groups is 2. The van der Waals surface area contributed by atoms with E-state index >= 15 is 0 Å². The van der Waals surface area contributed by atoms with Crippen LogP contribution in [0, 0.1) is 0 Å². The highest BCUT2D eigenvalue weighted by Crippen LogP contribution is 2.39. The van der Waals surface area contributed by atoms with Crippen LogP contribution in [0.5, 0.6) is 0 Å². The van der Waals surface area contributed by atoms with Gasteiger partial charge in [-0.3, -0.25) is 9.59 Å². The molecule has 3 N–H and O–H groups in total. The molecular weight excluding hydrogens is 556 g/mol. The first-order valence-electron chi connectivity index (χ1n) is 10.5. The lowest BCUT2D eigenvalue weighted by Gasteiger charge is -2.25. The standard InChI is InChI=1S/C25H20BrClN2O5S/c26-18-7-3-17(4-8-18)23(30)21-22(16-5-9-19(27)10-6-16)29(25(32)24(21)31)14-13-15-1-11-20(12-2-15)35(28,33)34/h1-12,22,30H,13-14H2,(H2,28,33,34)/t22-/m0/s1. The number of carbonyl (C=O) groups excluding carboxylic acids is 2. The molecule has 0 radical (unpaired) electrons. The van der Waals surface area contributed by atoms with Crippen molar-refractivity contribution in [2.24, 2.45) is 5.14 Å². The van der Waals surface area contributed by atoms with Crippen molar-refractivity contribution in [1.82, 2.24) is 4.90 Å². The van der Waals surface area contributed by atoms with Crippen LogP contribution in [-0.4, -0.2) is 36.7 Å². The number of nitrogens with two attached hydrogens (primary N) is 1. The zero-order valence-electron chi connectivity index (χ0n) is 18.2. The normalized spacial score (nSPS) is 17.7. The van der Waals surface area contributed by atoms with Gasteiger partial charge in [0.25, 0.3) is 11.7 Å². The summed E-state index contributed by atoms with van der Waals surface area (Å²) in [5.41, 5.74) is 1.77. The number of rotatable bonds is 6. The zero-order valence-corrected chi connectivity index (χ0v) is 21.3. The van der Waals surface area contributed by atoms with Crippen LogP contribution < -0.4 is 5.14 Å². The predicted octanol–water partition coefficient (Wildman–Crippen LogP) is 4.41. The van der Waals surface area contributed by atoms with Gasteiger partial charge >= 0.3 is 0 Å². The lowest BCUT2D eigenvalue weighted by Crippen LogP contribution is -2.31. The molecule has 10 heteroatoms. The second-order valence-electron chi connectivity index (χ2n) is 7.99. The molecule has 0 unspecified atom stereocenters. The minimum atomic E-state index is -3.82. The highest BCUT2D eigenvalue weighted by Gasteiger charge is 2.45. The number of hydrogen-bond acceptors (Lipinski definition) is 5. The fourth-order valence-corrected chi connectivity index (χ4v) is 4.87. The van der Waals surface area contributed by atoms with Gasteiger partial charge in [0.15, 0.2) is 0 Å². The number of ketones is 1. The summed E-state index contributed by atoms with van der Waals surface area (Å²) in [5.74, 6) is -1.78. The van der Waals surface area contributed by atoms with Crippen molar-refractivity contribution in [1.29, 1.82) is 0 Å². The third kappa shape index (κ3) is 5.33. The predicted molar refractivity (Wildman–Crippen MR) is 136 cm³/mol. The number of nitrogens with zero attached hydrogens (tertiary/aromatic N) is 1. The van der Waals surface area contributed by atoms with Gasteiger partial charge in [-0.2, -0.15) is 0 Å². The van der Waals surface area contributed by atoms with Crippen molar-refractivity contribution < 1.29 is 23.1 Å². The Morgan fingerprint density at radius 3 is 2.14 bits per heavy atom. The largest absolute Gasteiger partial charge is 0.507 e. The van der Waals surface area contributed by atoms with Gasteiger partial charge < -0.3 is 10.0 Å². The number of likely N-dealkylation sites (tertiary alicyclic amines) is 1. The third-order valence-corrected chi connectivity index (χ3v) is 7.45. The molecule has 7 nitrogen and oxygen atoms in total. The maximum Gasteiger partial charge on any atom is 0.295 e. The van der Waals surface area contributed by atoms with Crippen LogP contribution in [0.15, 0.2) is 87.7 Å². The molecule has 1 saturated heterocycles. The Morgan fingerprint density at radius 2 is 1.57 bits per heavy atom. The number of amides is 1. The van der Waals surface area contributed by atoms with Crippen molar-refractivity contribution in [2.75, 3.05) is 6.54 Å². The Balaban J connectivity index is 1.72. The maximum absolute atomic E-state index is 13.1. The molecule has 3 aromatic carbocycles. The molecule has 35 heavy (non-hydrogen) atoms. The first kappa shape index (κ1) is 25.1. The molecule has 1 aliphatic heterocycles. The Hall–Kier alpha value is -2.98. The zero-order chi connectivity index (χ0) is 25.3. The summed E-state index contributed by atoms with van der Waals surface area (Å²) in [4.78, 5) is 27.5. The van der Waals surface area contributed by atoms with Crippen LogP contribution in [0.1, 0.15) is 22.7 Å². The van der Waals surface area contributed by atoms with E-state index in [1.165, 1.54) is 17.0 Å². The smallest absolute Gasteiger partial charge is 0.295 e. The molecule has 1 fully saturated rings. The van der Waals surface area contributed by atoms with Gasteiger partial charge in [0.1, 0.15) is 5.76 Å². The molecular formula is C25H20BrClN2O5S. The molecule has 1 amide bonds. The van der Waals surface area contributed by atoms with E-state index in [9.17, 15) is 23.1 Å². The van der Waals surface area contributed by atoms with Crippen molar-refractivity contribution in [3.05, 3.63) is 105 Å². The lowest BCUT2D eigenvalue weighted by atomic mass is 9.95. The average Bonchev–Trinajstić information content (AvgIpc) is 3.08. The molecule has 0 aliphatic carbocycles. The fourth-order valence-electron chi connectivity index (χ4n) is 3.96. The van der Waals surface area contributed by atoms with Crippen LogP contribution in [0.4, 0.5) is 0 Å². The minimum absolute atomic E-state index is 0.00998. The van der Waals surface area contributed by atoms with E-state index in [0.717, 1.165) is 10.0 Å². The van der Waals surface area contributed by atoms with Crippen molar-refractivity contribution in [3.8, 4) is 0 Å². The summed E-state index contributed by atoms with van der Waals surface area (Å²) in [7, 11) is -3.82. The van der Waals surface area contributed by atoms with E-state index in [1.807, 2.05) is 0 Å². The molecule has 4 rings (SSSR count). The summed E-state index contributed by atoms with van der Waals surface area (Å²) in [6, 6.07) is 18.7. The summed E-state index contributed by atoms with van der Waals surface area (Å²) >= 11 is 9.39. The Labute approximate surface area is 216 Å². The van der Waals surface area contributed by atoms with Gasteiger partial charge in [-0.15, -0.1) is 0 Å². The van der Waals surface area contributed by atoms with Crippen molar-refractivity contribution >= 4 is 55.0 Å². The number of aliphatic hydroxyl groups excluding tert-OH is 1. The van der Waals surface area contributed by atoms with Gasteiger partial charge in [-0.05, 0) is 53.9 Å². The summed E-state index contributed by atoms with van der Waals surface area (Å²) in [6.07, 6.45) is 0.348. The number of sulfonamides is 1. The second-order valence-corrected chi connectivity index (χ2v) is 10.9. The van der Waals surface area contributed by atoms with E-state index in [0.29, 0.717) is 22.6 Å². The lowest BCUT2D eigenvalue weighted by molar-refractivity contribution is -0.139. The Kier molecular flexibility index (Phi) is 7.14. The number of Topliss-reactive ketones (excluding diaryl/α,β-unsaturated/α-hetero) is 1. The van der Waals surface area contributed by atoms with E-state index in [-0.39, 0.29) is 22.8 Å². The van der Waals surface area contributed by atoms with E-state index in [1.54, 1.807) is 60.7 Å².